The van der Waals surface area contributed by atoms with Crippen LogP contribution < -0.4 is 10.6 Å². The zero-order chi connectivity index (χ0) is 20.9. The monoisotopic (exact) mass is 427 g/mol. The maximum atomic E-state index is 13.0. The summed E-state index contributed by atoms with van der Waals surface area (Å²) in [7, 11) is 1.65. The summed E-state index contributed by atoms with van der Waals surface area (Å²) in [5.41, 5.74) is 3.91. The number of benzene rings is 2. The van der Waals surface area contributed by atoms with E-state index >= 15 is 0 Å². The number of ether oxygens (including phenoxy) is 1. The molecule has 0 radical (unpaired) electrons. The van der Waals surface area contributed by atoms with Gasteiger partial charge in [-0.15, -0.1) is 0 Å². The van der Waals surface area contributed by atoms with Crippen molar-refractivity contribution in [3.8, 4) is 0 Å². The Morgan fingerprint density at radius 3 is 2.53 bits per heavy atom. The molecule has 4 rings (SSSR count). The van der Waals surface area contributed by atoms with Crippen LogP contribution >= 0.6 is 11.6 Å². The van der Waals surface area contributed by atoms with Gasteiger partial charge in [-0.25, -0.2) is 0 Å². The molecule has 1 aliphatic carbocycles. The molecule has 0 bridgehead atoms. The largest absolute Gasteiger partial charge is 0.383 e. The molecule has 2 aromatic rings. The van der Waals surface area contributed by atoms with Gasteiger partial charge in [-0.3, -0.25) is 9.69 Å². The number of hydrogen-bond donors (Lipinski definition) is 2. The van der Waals surface area contributed by atoms with Crippen LogP contribution in [0.25, 0.3) is 0 Å². The van der Waals surface area contributed by atoms with Gasteiger partial charge in [0.15, 0.2) is 0 Å². The van der Waals surface area contributed by atoms with Crippen molar-refractivity contribution < 1.29 is 9.53 Å². The predicted octanol–water partition coefficient (Wildman–Crippen LogP) is 2.80. The molecule has 0 aromatic heterocycles. The molecule has 1 heterocycles. The Labute approximate surface area is 183 Å². The number of amides is 1. The van der Waals surface area contributed by atoms with Crippen molar-refractivity contribution in [2.45, 2.75) is 43.9 Å². The van der Waals surface area contributed by atoms with Gasteiger partial charge in [0, 0.05) is 43.9 Å². The number of halogens is 1. The first-order valence-corrected chi connectivity index (χ1v) is 11.1. The molecule has 0 spiro atoms. The lowest BCUT2D eigenvalue weighted by atomic mass is 10.1. The number of methoxy groups -OCH3 is 1. The topological polar surface area (TPSA) is 53.6 Å². The Kier molecular flexibility index (Phi) is 7.05. The third-order valence-corrected chi connectivity index (χ3v) is 6.65. The van der Waals surface area contributed by atoms with Crippen molar-refractivity contribution in [2.75, 3.05) is 26.8 Å². The highest BCUT2D eigenvalue weighted by Gasteiger charge is 2.41. The van der Waals surface area contributed by atoms with E-state index in [2.05, 4.69) is 39.8 Å². The summed E-state index contributed by atoms with van der Waals surface area (Å²) in [6, 6.07) is 17.1. The second kappa shape index (κ2) is 9.92. The second-order valence-electron chi connectivity index (χ2n) is 8.23. The smallest absolute Gasteiger partial charge is 0.237 e. The minimum atomic E-state index is -0.120. The fourth-order valence-corrected chi connectivity index (χ4v) is 4.93. The average molecular weight is 428 g/mol. The van der Waals surface area contributed by atoms with Crippen LogP contribution in [-0.2, 0) is 28.9 Å². The SMILES string of the molecule is COCCNC(=O)[C@@H]1C[C@H](NCc2ccccc2Cl)CN1C1Cc2ccccc2C1. The fraction of sp³-hybridized carbons (Fsp3) is 0.458. The first kappa shape index (κ1) is 21.3. The Hall–Kier alpha value is -1.92. The summed E-state index contributed by atoms with van der Waals surface area (Å²) in [6.07, 6.45) is 2.82. The molecule has 5 nitrogen and oxygen atoms in total. The summed E-state index contributed by atoms with van der Waals surface area (Å²) >= 11 is 6.32. The van der Waals surface area contributed by atoms with E-state index in [1.165, 1.54) is 11.1 Å². The van der Waals surface area contributed by atoms with Crippen LogP contribution in [0.2, 0.25) is 5.02 Å². The molecule has 2 aromatic carbocycles. The molecule has 2 aliphatic rings. The second-order valence-corrected chi connectivity index (χ2v) is 8.64. The lowest BCUT2D eigenvalue weighted by molar-refractivity contribution is -0.126. The number of carbonyl (C=O) groups is 1. The van der Waals surface area contributed by atoms with Crippen LogP contribution in [0.3, 0.4) is 0 Å². The number of likely N-dealkylation sites (tertiary alicyclic amines) is 1. The summed E-state index contributed by atoms with van der Waals surface area (Å²) in [4.78, 5) is 15.4. The van der Waals surface area contributed by atoms with Crippen molar-refractivity contribution in [1.29, 1.82) is 0 Å². The Bertz CT molecular complexity index is 850. The molecule has 2 N–H and O–H groups in total. The van der Waals surface area contributed by atoms with Crippen LogP contribution in [0.4, 0.5) is 0 Å². The summed E-state index contributed by atoms with van der Waals surface area (Å²) in [6.45, 7) is 2.65. The average Bonchev–Trinajstić information content (AvgIpc) is 3.37. The van der Waals surface area contributed by atoms with Crippen LogP contribution in [0.5, 0.6) is 0 Å². The predicted molar refractivity (Wildman–Crippen MR) is 120 cm³/mol. The van der Waals surface area contributed by atoms with Crippen molar-refractivity contribution >= 4 is 17.5 Å². The summed E-state index contributed by atoms with van der Waals surface area (Å²) < 4.78 is 5.09. The third kappa shape index (κ3) is 4.86. The Balaban J connectivity index is 1.43. The van der Waals surface area contributed by atoms with Crippen molar-refractivity contribution in [1.82, 2.24) is 15.5 Å². The van der Waals surface area contributed by atoms with E-state index < -0.39 is 0 Å². The maximum Gasteiger partial charge on any atom is 0.237 e. The van der Waals surface area contributed by atoms with Gasteiger partial charge in [0.2, 0.25) is 5.91 Å². The van der Waals surface area contributed by atoms with E-state index in [9.17, 15) is 4.79 Å². The van der Waals surface area contributed by atoms with Gasteiger partial charge in [-0.05, 0) is 42.0 Å². The van der Waals surface area contributed by atoms with E-state index in [4.69, 9.17) is 16.3 Å². The van der Waals surface area contributed by atoms with Gasteiger partial charge in [-0.1, -0.05) is 54.1 Å². The quantitative estimate of drug-likeness (QED) is 0.636. The normalized spacial score (nSPS) is 21.7. The first-order valence-electron chi connectivity index (χ1n) is 10.7. The molecule has 0 saturated carbocycles. The van der Waals surface area contributed by atoms with E-state index in [-0.39, 0.29) is 18.0 Å². The molecule has 1 fully saturated rings. The molecular formula is C24H30ClN3O2. The molecule has 2 atom stereocenters. The highest BCUT2D eigenvalue weighted by Crippen LogP contribution is 2.31. The van der Waals surface area contributed by atoms with E-state index in [1.807, 2.05) is 24.3 Å². The Morgan fingerprint density at radius 1 is 1.13 bits per heavy atom. The molecule has 1 saturated heterocycles. The lowest BCUT2D eigenvalue weighted by Gasteiger charge is -2.29. The number of rotatable bonds is 8. The van der Waals surface area contributed by atoms with Crippen molar-refractivity contribution in [3.05, 3.63) is 70.2 Å². The highest BCUT2D eigenvalue weighted by molar-refractivity contribution is 6.31. The van der Waals surface area contributed by atoms with Gasteiger partial charge >= 0.3 is 0 Å². The van der Waals surface area contributed by atoms with Crippen LogP contribution in [0.1, 0.15) is 23.1 Å². The van der Waals surface area contributed by atoms with Crippen LogP contribution in [-0.4, -0.2) is 55.7 Å². The van der Waals surface area contributed by atoms with E-state index in [1.54, 1.807) is 7.11 Å². The number of nitrogens with one attached hydrogen (secondary N) is 2. The standard InChI is InChI=1S/C24H30ClN3O2/c1-30-11-10-26-24(29)23-14-20(27-15-19-8-4-5-9-22(19)25)16-28(23)21-12-17-6-2-3-7-18(17)13-21/h2-9,20-21,23,27H,10-16H2,1H3,(H,26,29)/t20-,23-/m0/s1. The number of nitrogens with zero attached hydrogens (tertiary/aromatic N) is 1. The van der Waals surface area contributed by atoms with Gasteiger partial charge in [-0.2, -0.15) is 0 Å². The first-order chi connectivity index (χ1) is 14.7. The number of fused-ring (bicyclic) bond motifs is 1. The molecular weight excluding hydrogens is 398 g/mol. The lowest BCUT2D eigenvalue weighted by Crippen LogP contribution is -2.48. The van der Waals surface area contributed by atoms with Crippen molar-refractivity contribution in [2.24, 2.45) is 0 Å². The minimum absolute atomic E-state index is 0.102. The number of hydrogen-bond acceptors (Lipinski definition) is 4. The molecule has 1 amide bonds. The maximum absolute atomic E-state index is 13.0. The molecule has 0 unspecified atom stereocenters. The van der Waals surface area contributed by atoms with Crippen molar-refractivity contribution in [3.63, 3.8) is 0 Å². The molecule has 1 aliphatic heterocycles. The van der Waals surface area contributed by atoms with Gasteiger partial charge in [0.05, 0.1) is 12.6 Å². The van der Waals surface area contributed by atoms with Crippen LogP contribution in [0.15, 0.2) is 48.5 Å². The zero-order valence-electron chi connectivity index (χ0n) is 17.4. The number of carbonyl (C=O) groups excluding carboxylic acids is 1. The van der Waals surface area contributed by atoms with Crippen LogP contribution in [0, 0.1) is 0 Å². The Morgan fingerprint density at radius 2 is 1.83 bits per heavy atom. The van der Waals surface area contributed by atoms with Gasteiger partial charge < -0.3 is 15.4 Å². The molecule has 160 valence electrons. The summed E-state index contributed by atoms with van der Waals surface area (Å²) in [5.74, 6) is 0.102. The third-order valence-electron chi connectivity index (χ3n) is 6.28. The minimum Gasteiger partial charge on any atom is -0.383 e. The van der Waals surface area contributed by atoms with Gasteiger partial charge in [0.25, 0.3) is 0 Å². The highest BCUT2D eigenvalue weighted by atomic mass is 35.5. The van der Waals surface area contributed by atoms with E-state index in [0.717, 1.165) is 36.4 Å². The van der Waals surface area contributed by atoms with Gasteiger partial charge in [0.1, 0.15) is 0 Å². The zero-order valence-corrected chi connectivity index (χ0v) is 18.2. The molecule has 6 heteroatoms. The molecule has 30 heavy (non-hydrogen) atoms. The fourth-order valence-electron chi connectivity index (χ4n) is 4.73. The van der Waals surface area contributed by atoms with E-state index in [0.29, 0.717) is 25.7 Å². The summed E-state index contributed by atoms with van der Waals surface area (Å²) in [5, 5.41) is 7.46.